The van der Waals surface area contributed by atoms with Gasteiger partial charge in [0, 0.05) is 42.3 Å². The van der Waals surface area contributed by atoms with Crippen LogP contribution in [-0.4, -0.2) is 26.4 Å². The Hall–Kier alpha value is -3.03. The molecule has 0 saturated heterocycles. The summed E-state index contributed by atoms with van der Waals surface area (Å²) in [5, 5.41) is 0. The maximum atomic E-state index is 12.6. The molecule has 7 heteroatoms. The Bertz CT molecular complexity index is 1230. The molecule has 6 nitrogen and oxygen atoms in total. The molecule has 1 aliphatic heterocycles. The molecule has 0 aliphatic carbocycles. The summed E-state index contributed by atoms with van der Waals surface area (Å²) in [6.45, 7) is 2.15. The topological polar surface area (TPSA) is 75.0 Å². The molecule has 0 spiro atoms. The summed E-state index contributed by atoms with van der Waals surface area (Å²) in [5.74, 6) is 1.07. The van der Waals surface area contributed by atoms with Crippen molar-refractivity contribution in [1.82, 2.24) is 19.9 Å². The molecule has 0 amide bonds. The van der Waals surface area contributed by atoms with Crippen LogP contribution >= 0.6 is 15.9 Å². The van der Waals surface area contributed by atoms with Crippen molar-refractivity contribution in [2.75, 3.05) is 6.54 Å². The number of nitrogens with one attached hydrogen (secondary N) is 1. The first-order valence-electron chi connectivity index (χ1n) is 9.75. The number of furan rings is 1. The van der Waals surface area contributed by atoms with Crippen LogP contribution in [0.15, 0.2) is 74.7 Å². The highest BCUT2D eigenvalue weighted by molar-refractivity contribution is 9.10. The van der Waals surface area contributed by atoms with Crippen molar-refractivity contribution < 1.29 is 4.42 Å². The minimum Gasteiger partial charge on any atom is -0.461 e. The second kappa shape index (κ2) is 8.01. The fourth-order valence-electron chi connectivity index (χ4n) is 3.75. The van der Waals surface area contributed by atoms with E-state index in [4.69, 9.17) is 4.42 Å². The standard InChI is InChI=1S/C23H19BrN4O2/c24-18-5-2-1-4-16(18)19-8-7-15(12-25-19)13-28-10-9-20-17(14-28)23(29)27-22(26-20)21-6-3-11-30-21/h1-8,11-12H,9-10,13-14H2,(H,26,27,29). The van der Waals surface area contributed by atoms with E-state index in [0.29, 0.717) is 18.1 Å². The van der Waals surface area contributed by atoms with E-state index in [1.54, 1.807) is 18.4 Å². The molecule has 1 aromatic carbocycles. The maximum absolute atomic E-state index is 12.6. The van der Waals surface area contributed by atoms with Crippen LogP contribution in [0.2, 0.25) is 0 Å². The first kappa shape index (κ1) is 19.0. The first-order valence-corrected chi connectivity index (χ1v) is 10.5. The van der Waals surface area contributed by atoms with Gasteiger partial charge in [-0.25, -0.2) is 4.98 Å². The highest BCUT2D eigenvalue weighted by Gasteiger charge is 2.22. The van der Waals surface area contributed by atoms with Crippen LogP contribution in [0.3, 0.4) is 0 Å². The summed E-state index contributed by atoms with van der Waals surface area (Å²) < 4.78 is 6.39. The fourth-order valence-corrected chi connectivity index (χ4v) is 4.24. The molecule has 0 unspecified atom stereocenters. The average molecular weight is 463 g/mol. The van der Waals surface area contributed by atoms with Gasteiger partial charge in [0.05, 0.1) is 23.2 Å². The van der Waals surface area contributed by atoms with Gasteiger partial charge in [0.1, 0.15) is 0 Å². The third kappa shape index (κ3) is 3.74. The van der Waals surface area contributed by atoms with Gasteiger partial charge in [-0.1, -0.05) is 40.2 Å². The van der Waals surface area contributed by atoms with Crippen molar-refractivity contribution in [3.63, 3.8) is 0 Å². The monoisotopic (exact) mass is 462 g/mol. The predicted octanol–water partition coefficient (Wildman–Crippen LogP) is 4.41. The van der Waals surface area contributed by atoms with Crippen LogP contribution in [0.5, 0.6) is 0 Å². The molecule has 0 fully saturated rings. The number of aromatic nitrogens is 3. The van der Waals surface area contributed by atoms with E-state index in [1.807, 2.05) is 36.5 Å². The lowest BCUT2D eigenvalue weighted by atomic mass is 10.1. The van der Waals surface area contributed by atoms with Crippen molar-refractivity contribution in [1.29, 1.82) is 0 Å². The minimum atomic E-state index is -0.0986. The molecular formula is C23H19BrN4O2. The Balaban J connectivity index is 1.32. The van der Waals surface area contributed by atoms with Gasteiger partial charge in [-0.3, -0.25) is 14.7 Å². The van der Waals surface area contributed by atoms with Crippen LogP contribution in [0, 0.1) is 0 Å². The summed E-state index contributed by atoms with van der Waals surface area (Å²) in [6.07, 6.45) is 4.22. The number of hydrogen-bond acceptors (Lipinski definition) is 5. The third-order valence-corrected chi connectivity index (χ3v) is 5.97. The number of rotatable bonds is 4. The molecule has 0 bridgehead atoms. The summed E-state index contributed by atoms with van der Waals surface area (Å²) in [5.41, 5.74) is 4.60. The summed E-state index contributed by atoms with van der Waals surface area (Å²) in [6, 6.07) is 15.8. The van der Waals surface area contributed by atoms with Crippen LogP contribution in [0.4, 0.5) is 0 Å². The highest BCUT2D eigenvalue weighted by atomic mass is 79.9. The summed E-state index contributed by atoms with van der Waals surface area (Å²) in [4.78, 5) is 27.0. The zero-order valence-corrected chi connectivity index (χ0v) is 17.7. The van der Waals surface area contributed by atoms with Gasteiger partial charge >= 0.3 is 0 Å². The van der Waals surface area contributed by atoms with Crippen LogP contribution in [0.1, 0.15) is 16.8 Å². The quantitative estimate of drug-likeness (QED) is 0.485. The molecule has 150 valence electrons. The SMILES string of the molecule is O=c1[nH]c(-c2ccco2)nc2c1CN(Cc1ccc(-c3ccccc3Br)nc1)CC2. The number of nitrogens with zero attached hydrogens (tertiary/aromatic N) is 3. The Morgan fingerprint density at radius 1 is 1.13 bits per heavy atom. The lowest BCUT2D eigenvalue weighted by molar-refractivity contribution is 0.241. The van der Waals surface area contributed by atoms with E-state index in [1.165, 1.54) is 0 Å². The second-order valence-corrected chi connectivity index (χ2v) is 8.16. The molecule has 4 aromatic rings. The lowest BCUT2D eigenvalue weighted by Crippen LogP contribution is -2.35. The predicted molar refractivity (Wildman–Crippen MR) is 118 cm³/mol. The average Bonchev–Trinajstić information content (AvgIpc) is 3.30. The fraction of sp³-hybridized carbons (Fsp3) is 0.174. The molecule has 0 saturated carbocycles. The van der Waals surface area contributed by atoms with Gasteiger partial charge in [-0.2, -0.15) is 0 Å². The largest absolute Gasteiger partial charge is 0.461 e. The molecule has 30 heavy (non-hydrogen) atoms. The summed E-state index contributed by atoms with van der Waals surface area (Å²) in [7, 11) is 0. The van der Waals surface area contributed by atoms with Gasteiger partial charge in [0.2, 0.25) is 0 Å². The van der Waals surface area contributed by atoms with E-state index >= 15 is 0 Å². The van der Waals surface area contributed by atoms with Crippen molar-refractivity contribution in [3.8, 4) is 22.8 Å². The normalized spacial score (nSPS) is 13.9. The van der Waals surface area contributed by atoms with Crippen molar-refractivity contribution in [2.24, 2.45) is 0 Å². The molecule has 1 aliphatic rings. The first-order chi connectivity index (χ1) is 14.7. The van der Waals surface area contributed by atoms with Crippen LogP contribution < -0.4 is 5.56 Å². The van der Waals surface area contributed by atoms with Gasteiger partial charge in [-0.15, -0.1) is 0 Å². The van der Waals surface area contributed by atoms with E-state index in [0.717, 1.165) is 52.1 Å². The number of hydrogen-bond donors (Lipinski definition) is 1. The number of pyridine rings is 1. The zero-order valence-electron chi connectivity index (χ0n) is 16.1. The van der Waals surface area contributed by atoms with Crippen LogP contribution in [0.25, 0.3) is 22.8 Å². The van der Waals surface area contributed by atoms with Gasteiger partial charge in [0.25, 0.3) is 5.56 Å². The van der Waals surface area contributed by atoms with E-state index in [2.05, 4.69) is 41.8 Å². The number of benzene rings is 1. The number of H-pyrrole nitrogens is 1. The van der Waals surface area contributed by atoms with Crippen molar-refractivity contribution in [2.45, 2.75) is 19.5 Å². The van der Waals surface area contributed by atoms with E-state index in [9.17, 15) is 4.79 Å². The molecule has 1 N–H and O–H groups in total. The molecular weight excluding hydrogens is 444 g/mol. The van der Waals surface area contributed by atoms with E-state index in [-0.39, 0.29) is 5.56 Å². The van der Waals surface area contributed by atoms with Crippen molar-refractivity contribution in [3.05, 3.63) is 92.6 Å². The number of fused-ring (bicyclic) bond motifs is 1. The van der Waals surface area contributed by atoms with Gasteiger partial charge in [0.15, 0.2) is 11.6 Å². The zero-order chi connectivity index (χ0) is 20.5. The third-order valence-electron chi connectivity index (χ3n) is 5.28. The Kier molecular flexibility index (Phi) is 5.06. The smallest absolute Gasteiger partial charge is 0.256 e. The minimum absolute atomic E-state index is 0.0986. The molecule has 5 rings (SSSR count). The highest BCUT2D eigenvalue weighted by Crippen LogP contribution is 2.26. The molecule has 3 aromatic heterocycles. The van der Waals surface area contributed by atoms with Crippen LogP contribution in [-0.2, 0) is 19.5 Å². The lowest BCUT2D eigenvalue weighted by Gasteiger charge is -2.27. The van der Waals surface area contributed by atoms with E-state index < -0.39 is 0 Å². The summed E-state index contributed by atoms with van der Waals surface area (Å²) >= 11 is 3.58. The Morgan fingerprint density at radius 3 is 2.80 bits per heavy atom. The molecule has 0 radical (unpaired) electrons. The molecule has 0 atom stereocenters. The second-order valence-electron chi connectivity index (χ2n) is 7.31. The number of halogens is 1. The Labute approximate surface area is 181 Å². The maximum Gasteiger partial charge on any atom is 0.256 e. The number of aromatic amines is 1. The van der Waals surface area contributed by atoms with Gasteiger partial charge in [-0.05, 0) is 29.8 Å². The molecule has 4 heterocycles. The van der Waals surface area contributed by atoms with Crippen molar-refractivity contribution >= 4 is 15.9 Å². The Morgan fingerprint density at radius 2 is 2.03 bits per heavy atom. The van der Waals surface area contributed by atoms with Gasteiger partial charge < -0.3 is 9.40 Å².